The van der Waals surface area contributed by atoms with Crippen molar-refractivity contribution < 1.29 is 19.4 Å². The van der Waals surface area contributed by atoms with E-state index in [4.69, 9.17) is 9.15 Å². The molecule has 2 N–H and O–H groups in total. The van der Waals surface area contributed by atoms with Crippen LogP contribution in [0.4, 0.5) is 5.69 Å². The van der Waals surface area contributed by atoms with E-state index < -0.39 is 11.7 Å². The molecule has 6 nitrogen and oxygen atoms in total. The molecule has 0 bridgehead atoms. The lowest BCUT2D eigenvalue weighted by atomic mass is 10.0. The molecule has 0 aliphatic carbocycles. The first-order valence-electron chi connectivity index (χ1n) is 8.30. The van der Waals surface area contributed by atoms with Crippen LogP contribution in [-0.4, -0.2) is 30.9 Å². The largest absolute Gasteiger partial charge is 0.506 e. The number of aliphatic hydroxyl groups is 1. The molecule has 0 fully saturated rings. The van der Waals surface area contributed by atoms with Crippen molar-refractivity contribution in [1.82, 2.24) is 0 Å². The van der Waals surface area contributed by atoms with Crippen molar-refractivity contribution >= 4 is 16.7 Å². The number of hydrogen-bond acceptors (Lipinski definition) is 6. The van der Waals surface area contributed by atoms with Crippen LogP contribution in [0.25, 0.3) is 11.0 Å². The van der Waals surface area contributed by atoms with Crippen LogP contribution in [0.2, 0.25) is 0 Å². The van der Waals surface area contributed by atoms with E-state index in [2.05, 4.69) is 0 Å². The standard InChI is InChI=1S/C20H21NO5/c1-4-25-14-9-10-15-16(11-14)26-20(24)17(19(15)23)18(22)12-5-7-13(8-6-12)21(2)3/h5-11,18,22-23H,4H2,1-3H3. The quantitative estimate of drug-likeness (QED) is 0.685. The zero-order valence-electron chi connectivity index (χ0n) is 14.9. The summed E-state index contributed by atoms with van der Waals surface area (Å²) in [6.45, 7) is 2.32. The van der Waals surface area contributed by atoms with Crippen molar-refractivity contribution in [3.05, 3.63) is 64.0 Å². The third kappa shape index (κ3) is 3.23. The average Bonchev–Trinajstić information content (AvgIpc) is 2.61. The normalized spacial score (nSPS) is 12.2. The molecule has 0 saturated heterocycles. The minimum Gasteiger partial charge on any atom is -0.506 e. The molecule has 0 saturated carbocycles. The van der Waals surface area contributed by atoms with Crippen LogP contribution < -0.4 is 15.3 Å². The lowest BCUT2D eigenvalue weighted by Gasteiger charge is -2.16. The fraction of sp³-hybridized carbons (Fsp3) is 0.250. The highest BCUT2D eigenvalue weighted by molar-refractivity contribution is 5.85. The first kappa shape index (κ1) is 17.8. The summed E-state index contributed by atoms with van der Waals surface area (Å²) in [4.78, 5) is 14.3. The molecule has 2 aromatic carbocycles. The van der Waals surface area contributed by atoms with Gasteiger partial charge in [0.1, 0.15) is 28.7 Å². The Hall–Kier alpha value is -2.99. The Morgan fingerprint density at radius 2 is 1.85 bits per heavy atom. The van der Waals surface area contributed by atoms with Crippen molar-refractivity contribution in [3.63, 3.8) is 0 Å². The summed E-state index contributed by atoms with van der Waals surface area (Å²) >= 11 is 0. The molecule has 0 aliphatic rings. The van der Waals surface area contributed by atoms with E-state index in [1.54, 1.807) is 30.3 Å². The highest BCUT2D eigenvalue weighted by Gasteiger charge is 2.23. The number of benzene rings is 2. The molecule has 0 radical (unpaired) electrons. The molecule has 1 unspecified atom stereocenters. The van der Waals surface area contributed by atoms with Crippen LogP contribution in [0.15, 0.2) is 51.7 Å². The molecule has 1 atom stereocenters. The number of nitrogens with zero attached hydrogens (tertiary/aromatic N) is 1. The van der Waals surface area contributed by atoms with Crippen molar-refractivity contribution in [3.8, 4) is 11.5 Å². The Kier molecular flexibility index (Phi) is 4.86. The van der Waals surface area contributed by atoms with Crippen molar-refractivity contribution in [2.45, 2.75) is 13.0 Å². The molecule has 26 heavy (non-hydrogen) atoms. The number of aromatic hydroxyl groups is 1. The molecular formula is C20H21NO5. The molecule has 136 valence electrons. The Labute approximate surface area is 150 Å². The number of fused-ring (bicyclic) bond motifs is 1. The van der Waals surface area contributed by atoms with E-state index in [-0.39, 0.29) is 16.9 Å². The Morgan fingerprint density at radius 1 is 1.15 bits per heavy atom. The first-order valence-corrected chi connectivity index (χ1v) is 8.30. The fourth-order valence-corrected chi connectivity index (χ4v) is 2.80. The lowest BCUT2D eigenvalue weighted by molar-refractivity contribution is 0.210. The Balaban J connectivity index is 2.06. The summed E-state index contributed by atoms with van der Waals surface area (Å²) in [5, 5.41) is 21.5. The Bertz CT molecular complexity index is 976. The molecule has 0 spiro atoms. The summed E-state index contributed by atoms with van der Waals surface area (Å²) < 4.78 is 10.7. The minimum absolute atomic E-state index is 0.181. The van der Waals surface area contributed by atoms with Crippen LogP contribution in [0, 0.1) is 0 Å². The summed E-state index contributed by atoms with van der Waals surface area (Å²) in [6.07, 6.45) is -1.29. The summed E-state index contributed by atoms with van der Waals surface area (Å²) in [5.74, 6) is 0.249. The number of ether oxygens (including phenoxy) is 1. The van der Waals surface area contributed by atoms with Gasteiger partial charge in [0.25, 0.3) is 0 Å². The van der Waals surface area contributed by atoms with Gasteiger partial charge in [0.05, 0.1) is 12.0 Å². The SMILES string of the molecule is CCOc1ccc2c(O)c(C(O)c3ccc(N(C)C)cc3)c(=O)oc2c1. The number of aliphatic hydroxyl groups excluding tert-OH is 1. The van der Waals surface area contributed by atoms with Crippen molar-refractivity contribution in [2.24, 2.45) is 0 Å². The summed E-state index contributed by atoms with van der Waals surface area (Å²) in [7, 11) is 3.82. The van der Waals surface area contributed by atoms with Crippen LogP contribution >= 0.6 is 0 Å². The Morgan fingerprint density at radius 3 is 2.46 bits per heavy atom. The number of anilines is 1. The van der Waals surface area contributed by atoms with Gasteiger partial charge < -0.3 is 24.3 Å². The number of hydrogen-bond donors (Lipinski definition) is 2. The molecule has 0 amide bonds. The highest BCUT2D eigenvalue weighted by atomic mass is 16.5. The van der Waals surface area contributed by atoms with E-state index in [1.165, 1.54) is 0 Å². The second kappa shape index (κ2) is 7.09. The minimum atomic E-state index is -1.29. The van der Waals surface area contributed by atoms with Crippen molar-refractivity contribution in [1.29, 1.82) is 0 Å². The molecule has 3 aromatic rings. The molecule has 0 aliphatic heterocycles. The zero-order valence-corrected chi connectivity index (χ0v) is 14.9. The predicted octanol–water partition coefficient (Wildman–Crippen LogP) is 3.05. The topological polar surface area (TPSA) is 83.1 Å². The van der Waals surface area contributed by atoms with Gasteiger partial charge in [-0.25, -0.2) is 4.79 Å². The monoisotopic (exact) mass is 355 g/mol. The van der Waals surface area contributed by atoms with Gasteiger partial charge in [0.2, 0.25) is 0 Å². The maximum Gasteiger partial charge on any atom is 0.346 e. The van der Waals surface area contributed by atoms with E-state index in [1.807, 2.05) is 38.1 Å². The van der Waals surface area contributed by atoms with Gasteiger partial charge in [-0.05, 0) is 36.8 Å². The molecular weight excluding hydrogens is 334 g/mol. The molecule has 6 heteroatoms. The van der Waals surface area contributed by atoms with Crippen LogP contribution in [0.5, 0.6) is 11.5 Å². The van der Waals surface area contributed by atoms with Gasteiger partial charge in [-0.15, -0.1) is 0 Å². The molecule has 1 heterocycles. The van der Waals surface area contributed by atoms with Crippen LogP contribution in [0.3, 0.4) is 0 Å². The maximum atomic E-state index is 12.4. The van der Waals surface area contributed by atoms with Crippen molar-refractivity contribution in [2.75, 3.05) is 25.6 Å². The summed E-state index contributed by atoms with van der Waals surface area (Å²) in [5.41, 5.74) is 0.687. The van der Waals surface area contributed by atoms with Crippen LogP contribution in [0.1, 0.15) is 24.2 Å². The smallest absolute Gasteiger partial charge is 0.346 e. The van der Waals surface area contributed by atoms with Gasteiger partial charge in [0, 0.05) is 25.8 Å². The lowest BCUT2D eigenvalue weighted by Crippen LogP contribution is -2.14. The van der Waals surface area contributed by atoms with Gasteiger partial charge in [-0.1, -0.05) is 12.1 Å². The van der Waals surface area contributed by atoms with Gasteiger partial charge in [-0.3, -0.25) is 0 Å². The van der Waals surface area contributed by atoms with E-state index in [0.29, 0.717) is 23.3 Å². The summed E-state index contributed by atoms with van der Waals surface area (Å²) in [6, 6.07) is 11.9. The molecule has 1 aromatic heterocycles. The first-order chi connectivity index (χ1) is 12.4. The second-order valence-electron chi connectivity index (χ2n) is 6.13. The van der Waals surface area contributed by atoms with Gasteiger partial charge in [-0.2, -0.15) is 0 Å². The second-order valence-corrected chi connectivity index (χ2v) is 6.13. The van der Waals surface area contributed by atoms with E-state index in [9.17, 15) is 15.0 Å². The number of rotatable bonds is 5. The third-order valence-electron chi connectivity index (χ3n) is 4.20. The molecule has 3 rings (SSSR count). The highest BCUT2D eigenvalue weighted by Crippen LogP contribution is 2.34. The van der Waals surface area contributed by atoms with E-state index >= 15 is 0 Å². The van der Waals surface area contributed by atoms with Crippen LogP contribution in [-0.2, 0) is 0 Å². The van der Waals surface area contributed by atoms with E-state index in [0.717, 1.165) is 5.69 Å². The van der Waals surface area contributed by atoms with Gasteiger partial charge in [0.15, 0.2) is 0 Å². The fourth-order valence-electron chi connectivity index (χ4n) is 2.80. The zero-order chi connectivity index (χ0) is 18.8. The average molecular weight is 355 g/mol. The van der Waals surface area contributed by atoms with Gasteiger partial charge >= 0.3 is 5.63 Å². The third-order valence-corrected chi connectivity index (χ3v) is 4.20. The predicted molar refractivity (Wildman–Crippen MR) is 100 cm³/mol. The maximum absolute atomic E-state index is 12.4.